The van der Waals surface area contributed by atoms with E-state index in [2.05, 4.69) is 55.4 Å². The normalized spacial score (nSPS) is 12.4. The van der Waals surface area contributed by atoms with Crippen LogP contribution in [-0.2, 0) is 13.0 Å². The maximum absolute atomic E-state index is 9.17. The number of ether oxygens (including phenoxy) is 1. The Morgan fingerprint density at radius 2 is 2.05 bits per heavy atom. The average Bonchev–Trinajstić information content (AvgIpc) is 2.93. The number of hydrogen-bond donors (Lipinski definition) is 1. The maximum atomic E-state index is 9.17. The second kappa shape index (κ2) is 6.08. The van der Waals surface area contributed by atoms with Crippen molar-refractivity contribution in [3.05, 3.63) is 56.0 Å². The number of rotatable bonds is 3. The van der Waals surface area contributed by atoms with Crippen LogP contribution in [0.5, 0.6) is 5.75 Å². The van der Waals surface area contributed by atoms with Gasteiger partial charge < -0.3 is 10.1 Å². The summed E-state index contributed by atoms with van der Waals surface area (Å²) in [6, 6.07) is 11.9. The van der Waals surface area contributed by atoms with E-state index in [9.17, 15) is 0 Å². The zero-order valence-corrected chi connectivity index (χ0v) is 14.3. The molecule has 0 aliphatic carbocycles. The molecular formula is C16H12Br2N2O. The molecule has 0 bridgehead atoms. The molecule has 0 aromatic heterocycles. The Labute approximate surface area is 140 Å². The largest absolute Gasteiger partial charge is 0.493 e. The number of nitriles is 1. The summed E-state index contributed by atoms with van der Waals surface area (Å²) in [7, 11) is 0. The molecule has 1 N–H and O–H groups in total. The molecule has 0 unspecified atom stereocenters. The van der Waals surface area contributed by atoms with E-state index < -0.39 is 0 Å². The third-order valence-electron chi connectivity index (χ3n) is 3.40. The Morgan fingerprint density at radius 3 is 2.86 bits per heavy atom. The molecule has 0 radical (unpaired) electrons. The fourth-order valence-corrected chi connectivity index (χ4v) is 3.34. The maximum Gasteiger partial charge on any atom is 0.127 e. The van der Waals surface area contributed by atoms with Gasteiger partial charge in [-0.15, -0.1) is 0 Å². The lowest BCUT2D eigenvalue weighted by Crippen LogP contribution is -2.03. The highest BCUT2D eigenvalue weighted by Crippen LogP contribution is 2.33. The minimum Gasteiger partial charge on any atom is -0.493 e. The van der Waals surface area contributed by atoms with Crippen molar-refractivity contribution in [2.75, 3.05) is 11.9 Å². The fourth-order valence-electron chi connectivity index (χ4n) is 2.43. The Bertz CT molecular complexity index is 738. The highest BCUT2D eigenvalue weighted by molar-refractivity contribution is 9.10. The number of hydrogen-bond acceptors (Lipinski definition) is 3. The predicted molar refractivity (Wildman–Crippen MR) is 89.5 cm³/mol. The van der Waals surface area contributed by atoms with E-state index in [0.717, 1.165) is 39.0 Å². The van der Waals surface area contributed by atoms with E-state index in [1.807, 2.05) is 12.1 Å². The minimum atomic E-state index is 0.618. The monoisotopic (exact) mass is 406 g/mol. The second-order valence-electron chi connectivity index (χ2n) is 4.81. The summed E-state index contributed by atoms with van der Waals surface area (Å²) in [4.78, 5) is 0. The summed E-state index contributed by atoms with van der Waals surface area (Å²) >= 11 is 6.97. The van der Waals surface area contributed by atoms with E-state index >= 15 is 0 Å². The Morgan fingerprint density at radius 1 is 1.19 bits per heavy atom. The van der Waals surface area contributed by atoms with Gasteiger partial charge in [-0.3, -0.25) is 0 Å². The van der Waals surface area contributed by atoms with Crippen molar-refractivity contribution in [1.82, 2.24) is 0 Å². The van der Waals surface area contributed by atoms with Crippen LogP contribution in [0.4, 0.5) is 5.69 Å². The van der Waals surface area contributed by atoms with Crippen molar-refractivity contribution in [3.8, 4) is 11.8 Å². The van der Waals surface area contributed by atoms with Crippen molar-refractivity contribution in [1.29, 1.82) is 5.26 Å². The Hall–Kier alpha value is -1.51. The van der Waals surface area contributed by atoms with Crippen LogP contribution in [0.1, 0.15) is 16.7 Å². The lowest BCUT2D eigenvalue weighted by molar-refractivity contribution is 0.354. The van der Waals surface area contributed by atoms with E-state index in [4.69, 9.17) is 10.00 Å². The number of nitrogens with one attached hydrogen (secondary N) is 1. The van der Waals surface area contributed by atoms with Crippen molar-refractivity contribution in [3.63, 3.8) is 0 Å². The molecule has 0 amide bonds. The van der Waals surface area contributed by atoms with Crippen LogP contribution in [0.3, 0.4) is 0 Å². The van der Waals surface area contributed by atoms with Gasteiger partial charge in [-0.2, -0.15) is 5.26 Å². The van der Waals surface area contributed by atoms with Crippen LogP contribution in [0.15, 0.2) is 39.3 Å². The zero-order valence-electron chi connectivity index (χ0n) is 11.1. The van der Waals surface area contributed by atoms with Gasteiger partial charge in [-0.05, 0) is 35.9 Å². The Kier molecular flexibility index (Phi) is 4.18. The molecule has 1 heterocycles. The third kappa shape index (κ3) is 3.07. The molecule has 3 nitrogen and oxygen atoms in total. The van der Waals surface area contributed by atoms with Crippen LogP contribution in [0.2, 0.25) is 0 Å². The molecule has 0 saturated heterocycles. The van der Waals surface area contributed by atoms with E-state index in [1.54, 1.807) is 6.07 Å². The predicted octanol–water partition coefficient (Wildman–Crippen LogP) is 4.63. The first kappa shape index (κ1) is 14.4. The summed E-state index contributed by atoms with van der Waals surface area (Å²) in [5, 5.41) is 12.5. The first-order chi connectivity index (χ1) is 10.2. The van der Waals surface area contributed by atoms with Gasteiger partial charge in [0.25, 0.3) is 0 Å². The molecular weight excluding hydrogens is 396 g/mol. The van der Waals surface area contributed by atoms with Crippen molar-refractivity contribution in [2.45, 2.75) is 13.0 Å². The lowest BCUT2D eigenvalue weighted by atomic mass is 10.1. The summed E-state index contributed by atoms with van der Waals surface area (Å²) in [6.07, 6.45) is 0.947. The van der Waals surface area contributed by atoms with Gasteiger partial charge in [-0.1, -0.05) is 31.9 Å². The lowest BCUT2D eigenvalue weighted by Gasteiger charge is -2.12. The summed E-state index contributed by atoms with van der Waals surface area (Å²) in [5.74, 6) is 0.971. The number of fused-ring (bicyclic) bond motifs is 1. The van der Waals surface area contributed by atoms with Gasteiger partial charge in [0, 0.05) is 27.5 Å². The van der Waals surface area contributed by atoms with Crippen LogP contribution < -0.4 is 10.1 Å². The van der Waals surface area contributed by atoms with Gasteiger partial charge in [0.15, 0.2) is 0 Å². The van der Waals surface area contributed by atoms with Gasteiger partial charge in [0.05, 0.1) is 17.9 Å². The molecule has 1 aliphatic rings. The molecule has 5 heteroatoms. The Balaban J connectivity index is 1.86. The molecule has 106 valence electrons. The molecule has 3 rings (SSSR count). The molecule has 0 spiro atoms. The standard InChI is InChI=1S/C16H12Br2N2O/c17-13-2-1-11(8-19)15(7-13)20-9-12-6-14(18)5-10-3-4-21-16(10)12/h1-2,5-7,20H,3-4,9H2. The highest BCUT2D eigenvalue weighted by atomic mass is 79.9. The first-order valence-corrected chi connectivity index (χ1v) is 8.13. The summed E-state index contributed by atoms with van der Waals surface area (Å²) < 4.78 is 7.72. The third-order valence-corrected chi connectivity index (χ3v) is 4.35. The summed E-state index contributed by atoms with van der Waals surface area (Å²) in [5.41, 5.74) is 3.78. The van der Waals surface area contributed by atoms with Gasteiger partial charge >= 0.3 is 0 Å². The number of halogens is 2. The molecule has 21 heavy (non-hydrogen) atoms. The number of anilines is 1. The number of benzene rings is 2. The van der Waals surface area contributed by atoms with E-state index in [1.165, 1.54) is 5.56 Å². The van der Waals surface area contributed by atoms with Gasteiger partial charge in [0.2, 0.25) is 0 Å². The molecule has 2 aromatic rings. The van der Waals surface area contributed by atoms with Crippen molar-refractivity contribution in [2.24, 2.45) is 0 Å². The first-order valence-electron chi connectivity index (χ1n) is 6.55. The second-order valence-corrected chi connectivity index (χ2v) is 6.64. The van der Waals surface area contributed by atoms with Crippen molar-refractivity contribution >= 4 is 37.5 Å². The van der Waals surface area contributed by atoms with Gasteiger partial charge in [0.1, 0.15) is 11.8 Å². The zero-order chi connectivity index (χ0) is 14.8. The molecule has 0 saturated carbocycles. The minimum absolute atomic E-state index is 0.618. The van der Waals surface area contributed by atoms with Crippen LogP contribution in [-0.4, -0.2) is 6.61 Å². The van der Waals surface area contributed by atoms with Crippen LogP contribution >= 0.6 is 31.9 Å². The van der Waals surface area contributed by atoms with E-state index in [-0.39, 0.29) is 0 Å². The molecule has 0 fully saturated rings. The van der Waals surface area contributed by atoms with Gasteiger partial charge in [-0.25, -0.2) is 0 Å². The molecule has 2 aromatic carbocycles. The SMILES string of the molecule is N#Cc1ccc(Br)cc1NCc1cc(Br)cc2c1OCC2. The van der Waals surface area contributed by atoms with Crippen molar-refractivity contribution < 1.29 is 4.74 Å². The highest BCUT2D eigenvalue weighted by Gasteiger charge is 2.17. The van der Waals surface area contributed by atoms with E-state index in [0.29, 0.717) is 12.1 Å². The average molecular weight is 408 g/mol. The molecule has 1 aliphatic heterocycles. The quantitative estimate of drug-likeness (QED) is 0.806. The molecule has 0 atom stereocenters. The van der Waals surface area contributed by atoms with Crippen LogP contribution in [0, 0.1) is 11.3 Å². The smallest absolute Gasteiger partial charge is 0.127 e. The summed E-state index contributed by atoms with van der Waals surface area (Å²) in [6.45, 7) is 1.35. The topological polar surface area (TPSA) is 45.0 Å². The number of nitrogens with zero attached hydrogens (tertiary/aromatic N) is 1. The van der Waals surface area contributed by atoms with Crippen LogP contribution in [0.25, 0.3) is 0 Å². The fraction of sp³-hybridized carbons (Fsp3) is 0.188.